The van der Waals surface area contributed by atoms with Crippen LogP contribution in [0.2, 0.25) is 5.02 Å². The summed E-state index contributed by atoms with van der Waals surface area (Å²) in [4.78, 5) is 15.8. The lowest BCUT2D eigenvalue weighted by Crippen LogP contribution is -2.36. The molecular formula is C23H18ClI2N4O2S+. The van der Waals surface area contributed by atoms with Crippen LogP contribution in [-0.2, 0) is 11.3 Å². The maximum atomic E-state index is 12.4. The van der Waals surface area contributed by atoms with E-state index in [-0.39, 0.29) is 17.4 Å². The van der Waals surface area contributed by atoms with Gasteiger partial charge in [-0.25, -0.2) is 15.0 Å². The molecule has 0 spiro atoms. The maximum absolute atomic E-state index is 12.4. The molecule has 0 unspecified atom stereocenters. The van der Waals surface area contributed by atoms with Gasteiger partial charge in [0.05, 0.1) is 15.5 Å². The van der Waals surface area contributed by atoms with Crippen LogP contribution in [0.5, 0.6) is 5.75 Å². The number of imidazole rings is 1. The fraction of sp³-hybridized carbons (Fsp3) is 0.0870. The molecule has 6 nitrogen and oxygen atoms in total. The van der Waals surface area contributed by atoms with Crippen molar-refractivity contribution in [2.24, 2.45) is 5.10 Å². The number of rotatable bonds is 7. The lowest BCUT2D eigenvalue weighted by molar-refractivity contribution is -0.700. The third kappa shape index (κ3) is 6.19. The fourth-order valence-corrected chi connectivity index (χ4v) is 6.02. The summed E-state index contributed by atoms with van der Waals surface area (Å²) in [6.45, 7) is 0.647. The fourth-order valence-electron chi connectivity index (χ4n) is 3.17. The summed E-state index contributed by atoms with van der Waals surface area (Å²) in [5, 5.41) is 15.7. The number of carbonyl (C=O) groups excluding carboxylic acids is 1. The average molecular weight is 704 g/mol. The molecule has 0 atom stereocenters. The number of hydrogen-bond donors (Lipinski definition) is 3. The molecule has 0 aliphatic rings. The van der Waals surface area contributed by atoms with Crippen LogP contribution in [0.4, 0.5) is 0 Å². The predicted octanol–water partition coefficient (Wildman–Crippen LogP) is 5.31. The Bertz CT molecular complexity index is 1340. The molecular weight excluding hydrogens is 686 g/mol. The Kier molecular flexibility index (Phi) is 8.15. The lowest BCUT2D eigenvalue weighted by atomic mass is 10.2. The zero-order valence-electron chi connectivity index (χ0n) is 17.1. The Labute approximate surface area is 227 Å². The van der Waals surface area contributed by atoms with Gasteiger partial charge in [0.2, 0.25) is 0 Å². The summed E-state index contributed by atoms with van der Waals surface area (Å²) in [7, 11) is 0. The molecule has 1 heterocycles. The summed E-state index contributed by atoms with van der Waals surface area (Å²) >= 11 is 11.7. The van der Waals surface area contributed by atoms with Crippen molar-refractivity contribution < 1.29 is 14.5 Å². The van der Waals surface area contributed by atoms with Gasteiger partial charge in [0.15, 0.2) is 11.0 Å². The zero-order valence-corrected chi connectivity index (χ0v) is 22.9. The zero-order chi connectivity index (χ0) is 23.4. The SMILES string of the molecule is O=C(CSc1[nH]c2ccccc2[n+]1Cc1ccc(Cl)cc1)N/N=C/c1cc(I)cc(I)c1O. The number of aromatic hydroxyl groups is 1. The molecule has 0 saturated heterocycles. The third-order valence-corrected chi connectivity index (χ3v) is 7.43. The highest BCUT2D eigenvalue weighted by Crippen LogP contribution is 2.25. The van der Waals surface area contributed by atoms with Gasteiger partial charge in [0, 0.05) is 14.2 Å². The molecule has 0 aliphatic carbocycles. The van der Waals surface area contributed by atoms with Crippen molar-refractivity contribution in [1.29, 1.82) is 0 Å². The first-order valence-electron chi connectivity index (χ1n) is 9.78. The van der Waals surface area contributed by atoms with E-state index in [0.717, 1.165) is 28.9 Å². The van der Waals surface area contributed by atoms with Gasteiger partial charge in [-0.2, -0.15) is 5.10 Å². The van der Waals surface area contributed by atoms with E-state index in [0.29, 0.717) is 17.1 Å². The first-order valence-corrected chi connectivity index (χ1v) is 13.3. The van der Waals surface area contributed by atoms with Crippen LogP contribution in [0.15, 0.2) is 70.9 Å². The number of aromatic amines is 1. The summed E-state index contributed by atoms with van der Waals surface area (Å²) in [5.41, 5.74) is 6.24. The first-order chi connectivity index (χ1) is 15.9. The summed E-state index contributed by atoms with van der Waals surface area (Å²) < 4.78 is 3.85. The van der Waals surface area contributed by atoms with Gasteiger partial charge in [-0.3, -0.25) is 4.79 Å². The summed E-state index contributed by atoms with van der Waals surface area (Å²) in [6, 6.07) is 19.4. The Morgan fingerprint density at radius 2 is 1.94 bits per heavy atom. The van der Waals surface area contributed by atoms with Gasteiger partial charge in [0.25, 0.3) is 5.91 Å². The number of phenols is 1. The summed E-state index contributed by atoms with van der Waals surface area (Å²) in [5.74, 6) is 0.0816. The Morgan fingerprint density at radius 3 is 2.73 bits per heavy atom. The molecule has 0 radical (unpaired) electrons. The molecule has 168 valence electrons. The first kappa shape index (κ1) is 24.3. The van der Waals surface area contributed by atoms with E-state index in [2.05, 4.69) is 65.3 Å². The number of hydrogen-bond acceptors (Lipinski definition) is 4. The van der Waals surface area contributed by atoms with Gasteiger partial charge in [0.1, 0.15) is 12.3 Å². The number of fused-ring (bicyclic) bond motifs is 1. The number of phenolic OH excluding ortho intramolecular Hbond substituents is 1. The van der Waals surface area contributed by atoms with Crippen molar-refractivity contribution in [2.45, 2.75) is 11.7 Å². The largest absolute Gasteiger partial charge is 0.506 e. The molecule has 4 rings (SSSR count). The van der Waals surface area contributed by atoms with Crippen LogP contribution in [0, 0.1) is 7.14 Å². The number of hydrazone groups is 1. The normalized spacial score (nSPS) is 11.4. The Morgan fingerprint density at radius 1 is 1.18 bits per heavy atom. The number of nitrogens with zero attached hydrogens (tertiary/aromatic N) is 2. The molecule has 33 heavy (non-hydrogen) atoms. The molecule has 3 N–H and O–H groups in total. The van der Waals surface area contributed by atoms with Crippen molar-refractivity contribution >= 4 is 91.7 Å². The minimum atomic E-state index is -0.243. The van der Waals surface area contributed by atoms with E-state index >= 15 is 0 Å². The molecule has 1 aromatic heterocycles. The number of H-pyrrole nitrogens is 1. The van der Waals surface area contributed by atoms with Crippen molar-refractivity contribution in [1.82, 2.24) is 10.4 Å². The highest BCUT2D eigenvalue weighted by molar-refractivity contribution is 14.1. The van der Waals surface area contributed by atoms with E-state index in [4.69, 9.17) is 11.6 Å². The van der Waals surface area contributed by atoms with Gasteiger partial charge in [-0.05, 0) is 98.9 Å². The Hall–Kier alpha value is -1.83. The lowest BCUT2D eigenvalue weighted by Gasteiger charge is -2.04. The highest BCUT2D eigenvalue weighted by Gasteiger charge is 2.20. The second-order valence-corrected chi connectivity index (χ2v) is 10.9. The molecule has 0 aliphatic heterocycles. The average Bonchev–Trinajstić information content (AvgIpc) is 3.14. The smallest absolute Gasteiger partial charge is 0.317 e. The monoisotopic (exact) mass is 703 g/mol. The third-order valence-electron chi connectivity index (χ3n) is 4.73. The van der Waals surface area contributed by atoms with Crippen molar-refractivity contribution in [3.8, 4) is 5.75 Å². The minimum absolute atomic E-state index is 0.143. The number of halogens is 3. The van der Waals surface area contributed by atoms with Gasteiger partial charge in [-0.15, -0.1) is 0 Å². The predicted molar refractivity (Wildman–Crippen MR) is 149 cm³/mol. The second-order valence-electron chi connectivity index (χ2n) is 7.07. The van der Waals surface area contributed by atoms with E-state index < -0.39 is 0 Å². The Balaban J connectivity index is 1.45. The summed E-state index contributed by atoms with van der Waals surface area (Å²) in [6.07, 6.45) is 1.45. The van der Waals surface area contributed by atoms with Crippen LogP contribution in [0.3, 0.4) is 0 Å². The second kappa shape index (κ2) is 11.1. The van der Waals surface area contributed by atoms with Crippen LogP contribution in [0.1, 0.15) is 11.1 Å². The molecule has 10 heteroatoms. The maximum Gasteiger partial charge on any atom is 0.317 e. The molecule has 3 aromatic carbocycles. The van der Waals surface area contributed by atoms with E-state index in [1.165, 1.54) is 18.0 Å². The van der Waals surface area contributed by atoms with E-state index in [9.17, 15) is 9.90 Å². The number of thioether (sulfide) groups is 1. The molecule has 1 amide bonds. The van der Waals surface area contributed by atoms with E-state index in [1.54, 1.807) is 6.07 Å². The van der Waals surface area contributed by atoms with Gasteiger partial charge in [-0.1, -0.05) is 35.9 Å². The van der Waals surface area contributed by atoms with Crippen LogP contribution in [0.25, 0.3) is 11.0 Å². The van der Waals surface area contributed by atoms with Gasteiger partial charge < -0.3 is 5.11 Å². The molecule has 0 fully saturated rings. The number of amides is 1. The van der Waals surface area contributed by atoms with Crippen LogP contribution in [-0.4, -0.2) is 28.0 Å². The van der Waals surface area contributed by atoms with Crippen LogP contribution >= 0.6 is 68.5 Å². The molecule has 4 aromatic rings. The van der Waals surface area contributed by atoms with Crippen LogP contribution < -0.4 is 9.99 Å². The highest BCUT2D eigenvalue weighted by atomic mass is 127. The number of nitrogens with one attached hydrogen (secondary N) is 2. The number of para-hydroxylation sites is 2. The molecule has 0 saturated carbocycles. The molecule has 0 bridgehead atoms. The van der Waals surface area contributed by atoms with E-state index in [1.807, 2.05) is 54.6 Å². The van der Waals surface area contributed by atoms with Crippen molar-refractivity contribution in [3.05, 3.63) is 84.0 Å². The van der Waals surface area contributed by atoms with Crippen molar-refractivity contribution in [3.63, 3.8) is 0 Å². The van der Waals surface area contributed by atoms with Gasteiger partial charge >= 0.3 is 5.16 Å². The quantitative estimate of drug-likeness (QED) is 0.0803. The minimum Gasteiger partial charge on any atom is -0.506 e. The topological polar surface area (TPSA) is 81.4 Å². The van der Waals surface area contributed by atoms with Crippen molar-refractivity contribution in [2.75, 3.05) is 5.75 Å². The number of benzene rings is 3. The standard InChI is InChI=1S/C23H17ClI2N4O2S/c24-16-7-5-14(6-8-16)12-30-20-4-2-1-3-19(20)28-23(30)33-13-21(31)29-27-11-15-9-17(25)10-18(26)22(15)32/h1-11H,12-13H2,(H2,27,29,31,32)/p+1. The number of carbonyl (C=O) groups is 1. The number of aromatic nitrogens is 2.